The van der Waals surface area contributed by atoms with Crippen molar-refractivity contribution in [3.05, 3.63) is 35.4 Å². The Morgan fingerprint density at radius 1 is 1.16 bits per heavy atom. The van der Waals surface area contributed by atoms with Gasteiger partial charge in [0.2, 0.25) is 0 Å². The van der Waals surface area contributed by atoms with Crippen molar-refractivity contribution in [1.29, 1.82) is 0 Å². The first-order valence-electron chi connectivity index (χ1n) is 8.22. The summed E-state index contributed by atoms with van der Waals surface area (Å²) in [6.45, 7) is 5.46. The lowest BCUT2D eigenvalue weighted by Gasteiger charge is -2.45. The van der Waals surface area contributed by atoms with Crippen molar-refractivity contribution >= 4 is 33.7 Å². The van der Waals surface area contributed by atoms with Crippen molar-refractivity contribution in [3.8, 4) is 0 Å². The summed E-state index contributed by atoms with van der Waals surface area (Å²) in [5, 5.41) is -0.526. The molecule has 134 valence electrons. The van der Waals surface area contributed by atoms with Gasteiger partial charge in [-0.1, -0.05) is 41.9 Å². The minimum Gasteiger partial charge on any atom is -0.463 e. The maximum Gasteiger partial charge on any atom is 0.302 e. The summed E-state index contributed by atoms with van der Waals surface area (Å²) in [6, 6.07) is 6.39. The van der Waals surface area contributed by atoms with Crippen molar-refractivity contribution in [1.82, 2.24) is 4.90 Å². The molecule has 0 saturated carbocycles. The molecule has 2 unspecified atom stereocenters. The Balaban J connectivity index is 1.83. The zero-order valence-corrected chi connectivity index (χ0v) is 15.9. The SMILES string of the molecule is CC(=O)OCC1O[C@@H](Br)C(N2C(=O)c3ccccc3C2=O)[C@@H](C)[C@H]1C. The molecule has 2 aliphatic rings. The van der Waals surface area contributed by atoms with E-state index in [0.717, 1.165) is 0 Å². The highest BCUT2D eigenvalue weighted by molar-refractivity contribution is 9.09. The molecule has 5 atom stereocenters. The molecule has 0 radical (unpaired) electrons. The molecule has 0 spiro atoms. The first kappa shape index (κ1) is 18.1. The van der Waals surface area contributed by atoms with E-state index in [1.165, 1.54) is 11.8 Å². The quantitative estimate of drug-likeness (QED) is 0.435. The van der Waals surface area contributed by atoms with E-state index in [2.05, 4.69) is 15.9 Å². The summed E-state index contributed by atoms with van der Waals surface area (Å²) >= 11 is 3.47. The highest BCUT2D eigenvalue weighted by Crippen LogP contribution is 2.39. The number of hydrogen-bond acceptors (Lipinski definition) is 5. The van der Waals surface area contributed by atoms with Gasteiger partial charge in [-0.15, -0.1) is 0 Å². The summed E-state index contributed by atoms with van der Waals surface area (Å²) in [6.07, 6.45) is -0.297. The lowest BCUT2D eigenvalue weighted by molar-refractivity contribution is -0.155. The van der Waals surface area contributed by atoms with Crippen LogP contribution in [0.15, 0.2) is 24.3 Å². The minimum absolute atomic E-state index is 0.00228. The van der Waals surface area contributed by atoms with Crippen LogP contribution in [0.25, 0.3) is 0 Å². The average molecular weight is 410 g/mol. The monoisotopic (exact) mass is 409 g/mol. The molecule has 0 bridgehead atoms. The van der Waals surface area contributed by atoms with E-state index in [9.17, 15) is 14.4 Å². The molecule has 0 N–H and O–H groups in total. The maximum absolute atomic E-state index is 12.8. The van der Waals surface area contributed by atoms with Crippen molar-refractivity contribution in [3.63, 3.8) is 0 Å². The molecule has 3 rings (SSSR count). The number of fused-ring (bicyclic) bond motifs is 1. The normalized spacial score (nSPS) is 31.8. The van der Waals surface area contributed by atoms with Crippen LogP contribution in [0.1, 0.15) is 41.5 Å². The van der Waals surface area contributed by atoms with Gasteiger partial charge < -0.3 is 9.47 Å². The van der Waals surface area contributed by atoms with Gasteiger partial charge in [-0.05, 0) is 24.0 Å². The lowest BCUT2D eigenvalue weighted by Crippen LogP contribution is -2.57. The fourth-order valence-corrected chi connectivity index (χ4v) is 4.48. The zero-order valence-electron chi connectivity index (χ0n) is 14.3. The molecule has 1 aromatic carbocycles. The Hall–Kier alpha value is -1.73. The molecular weight excluding hydrogens is 390 g/mol. The number of carbonyl (C=O) groups excluding carboxylic acids is 3. The number of ether oxygens (including phenoxy) is 2. The van der Waals surface area contributed by atoms with Crippen LogP contribution in [0.4, 0.5) is 0 Å². The summed E-state index contributed by atoms with van der Waals surface area (Å²) in [5.74, 6) is -0.979. The second-order valence-corrected chi connectivity index (χ2v) is 7.47. The topological polar surface area (TPSA) is 72.9 Å². The highest BCUT2D eigenvalue weighted by atomic mass is 79.9. The van der Waals surface area contributed by atoms with E-state index in [0.29, 0.717) is 11.1 Å². The number of halogens is 1. The molecule has 2 amide bonds. The number of rotatable bonds is 3. The second kappa shape index (κ2) is 6.88. The Labute approximate surface area is 154 Å². The van der Waals surface area contributed by atoms with Gasteiger partial charge in [-0.3, -0.25) is 19.3 Å². The van der Waals surface area contributed by atoms with Crippen LogP contribution in [-0.2, 0) is 14.3 Å². The first-order valence-corrected chi connectivity index (χ1v) is 9.14. The van der Waals surface area contributed by atoms with Crippen LogP contribution < -0.4 is 0 Å². The van der Waals surface area contributed by atoms with E-state index in [4.69, 9.17) is 9.47 Å². The van der Waals surface area contributed by atoms with Crippen LogP contribution in [0.2, 0.25) is 0 Å². The number of nitrogens with zero attached hydrogens (tertiary/aromatic N) is 1. The van der Waals surface area contributed by atoms with Crippen LogP contribution >= 0.6 is 15.9 Å². The van der Waals surface area contributed by atoms with Crippen LogP contribution in [0.5, 0.6) is 0 Å². The number of hydrogen-bond donors (Lipinski definition) is 0. The molecule has 7 heteroatoms. The smallest absolute Gasteiger partial charge is 0.302 e. The summed E-state index contributed by atoms with van der Waals surface area (Å²) in [5.41, 5.74) is 0.850. The molecular formula is C18H20BrNO5. The number of benzene rings is 1. The summed E-state index contributed by atoms with van der Waals surface area (Å²) in [7, 11) is 0. The van der Waals surface area contributed by atoms with Gasteiger partial charge >= 0.3 is 5.97 Å². The van der Waals surface area contributed by atoms with Gasteiger partial charge in [0.1, 0.15) is 11.6 Å². The molecule has 1 aromatic rings. The first-order chi connectivity index (χ1) is 11.8. The highest BCUT2D eigenvalue weighted by Gasteiger charge is 2.50. The molecule has 25 heavy (non-hydrogen) atoms. The Bertz CT molecular complexity index is 686. The van der Waals surface area contributed by atoms with Gasteiger partial charge in [0, 0.05) is 6.92 Å². The molecule has 2 aliphatic heterocycles. The van der Waals surface area contributed by atoms with E-state index < -0.39 is 11.1 Å². The largest absolute Gasteiger partial charge is 0.463 e. The number of esters is 1. The van der Waals surface area contributed by atoms with E-state index in [1.54, 1.807) is 24.3 Å². The van der Waals surface area contributed by atoms with Gasteiger partial charge in [0.05, 0.1) is 23.3 Å². The number of amides is 2. The van der Waals surface area contributed by atoms with Gasteiger partial charge in [-0.2, -0.15) is 0 Å². The maximum atomic E-state index is 12.8. The van der Waals surface area contributed by atoms with Crippen molar-refractivity contribution in [2.24, 2.45) is 11.8 Å². The molecule has 1 saturated heterocycles. The lowest BCUT2D eigenvalue weighted by atomic mass is 9.82. The number of carbonyl (C=O) groups is 3. The van der Waals surface area contributed by atoms with Gasteiger partial charge in [0.25, 0.3) is 11.8 Å². The van der Waals surface area contributed by atoms with Crippen LogP contribution in [0, 0.1) is 11.8 Å². The van der Waals surface area contributed by atoms with E-state index >= 15 is 0 Å². The Morgan fingerprint density at radius 3 is 2.24 bits per heavy atom. The van der Waals surface area contributed by atoms with E-state index in [1.807, 2.05) is 13.8 Å². The fraction of sp³-hybridized carbons (Fsp3) is 0.500. The Morgan fingerprint density at radius 2 is 1.72 bits per heavy atom. The van der Waals surface area contributed by atoms with Crippen LogP contribution in [0.3, 0.4) is 0 Å². The summed E-state index contributed by atoms with van der Waals surface area (Å²) in [4.78, 5) is 37.9. The van der Waals surface area contributed by atoms with Crippen molar-refractivity contribution < 1.29 is 23.9 Å². The molecule has 6 nitrogen and oxygen atoms in total. The van der Waals surface area contributed by atoms with Crippen molar-refractivity contribution in [2.75, 3.05) is 6.61 Å². The standard InChI is InChI=1S/C18H20BrNO5/c1-9-10(2)15(16(19)25-14(9)8-24-11(3)21)20-17(22)12-6-4-5-7-13(12)18(20)23/h4-7,9-10,14-16H,8H2,1-3H3/t9-,10+,14?,15?,16-/m1/s1. The third kappa shape index (κ3) is 3.11. The predicted octanol–water partition coefficient (Wildman–Crippen LogP) is 2.61. The van der Waals surface area contributed by atoms with Crippen LogP contribution in [-0.4, -0.2) is 46.4 Å². The third-order valence-electron chi connectivity index (χ3n) is 5.10. The van der Waals surface area contributed by atoms with E-state index in [-0.39, 0.29) is 42.3 Å². The second-order valence-electron chi connectivity index (χ2n) is 6.56. The molecule has 0 aromatic heterocycles. The number of imide groups is 1. The molecule has 2 heterocycles. The van der Waals surface area contributed by atoms with Crippen molar-refractivity contribution in [2.45, 2.75) is 37.9 Å². The van der Waals surface area contributed by atoms with Gasteiger partial charge in [-0.25, -0.2) is 0 Å². The number of alkyl halides is 1. The minimum atomic E-state index is -0.526. The molecule has 0 aliphatic carbocycles. The zero-order chi connectivity index (χ0) is 18.3. The average Bonchev–Trinajstić information content (AvgIpc) is 2.82. The third-order valence-corrected chi connectivity index (χ3v) is 5.86. The Kier molecular flexibility index (Phi) is 4.97. The van der Waals surface area contributed by atoms with Gasteiger partial charge in [0.15, 0.2) is 0 Å². The molecule has 1 fully saturated rings. The summed E-state index contributed by atoms with van der Waals surface area (Å²) < 4.78 is 11.0. The predicted molar refractivity (Wildman–Crippen MR) is 93.3 cm³/mol. The fourth-order valence-electron chi connectivity index (χ4n) is 3.48.